The van der Waals surface area contributed by atoms with E-state index in [0.717, 1.165) is 5.56 Å². The number of ether oxygens (including phenoxy) is 1. The number of hydrogen-bond acceptors (Lipinski definition) is 3. The molecule has 0 saturated heterocycles. The van der Waals surface area contributed by atoms with E-state index in [-0.39, 0.29) is 0 Å². The molecule has 0 fully saturated rings. The molecule has 3 nitrogen and oxygen atoms in total. The number of aryl methyl sites for hydroxylation is 1. The fourth-order valence-electron chi connectivity index (χ4n) is 1.11. The third-order valence-corrected chi connectivity index (χ3v) is 1.66. The lowest BCUT2D eigenvalue weighted by molar-refractivity contribution is 0.327. The van der Waals surface area contributed by atoms with Gasteiger partial charge in [0.1, 0.15) is 0 Å². The number of nitrogens with zero attached hydrogens (tertiary/aromatic N) is 1. The van der Waals surface area contributed by atoms with Crippen LogP contribution in [0.4, 0.5) is 0 Å². The summed E-state index contributed by atoms with van der Waals surface area (Å²) in [5.74, 6) is 5.70. The predicted molar refractivity (Wildman–Crippen MR) is 53.5 cm³/mol. The van der Waals surface area contributed by atoms with E-state index in [0.29, 0.717) is 12.5 Å². The molecule has 1 rings (SSSR count). The van der Waals surface area contributed by atoms with Gasteiger partial charge in [0.25, 0.3) is 0 Å². The highest BCUT2D eigenvalue weighted by Gasteiger charge is 2.02. The zero-order chi connectivity index (χ0) is 9.68. The van der Waals surface area contributed by atoms with E-state index in [1.54, 1.807) is 0 Å². The second-order valence-electron chi connectivity index (χ2n) is 2.74. The average molecular weight is 178 g/mol. The van der Waals surface area contributed by atoms with E-state index in [4.69, 9.17) is 10.6 Å². The maximum Gasteiger partial charge on any atom is 0.237 e. The molecule has 0 radical (unpaired) electrons. The standard InChI is InChI=1S/C10H14N2O/c1-3-13-10(12-11)9-6-4-5-8(2)7-9/h4-7H,3,11H2,1-2H3/b12-10+. The summed E-state index contributed by atoms with van der Waals surface area (Å²) in [5.41, 5.74) is 2.09. The molecule has 0 aliphatic heterocycles. The molecule has 0 aromatic heterocycles. The van der Waals surface area contributed by atoms with Gasteiger partial charge in [0.05, 0.1) is 6.61 Å². The SMILES string of the molecule is CCO/C(=N/N)c1cccc(C)c1. The van der Waals surface area contributed by atoms with Gasteiger partial charge in [-0.05, 0) is 26.0 Å². The Labute approximate surface area is 78.2 Å². The van der Waals surface area contributed by atoms with Crippen LogP contribution in [0, 0.1) is 6.92 Å². The minimum atomic E-state index is 0.492. The Kier molecular flexibility index (Phi) is 3.31. The summed E-state index contributed by atoms with van der Waals surface area (Å²) >= 11 is 0. The lowest BCUT2D eigenvalue weighted by Gasteiger charge is -2.06. The van der Waals surface area contributed by atoms with E-state index in [9.17, 15) is 0 Å². The molecule has 0 heterocycles. The molecule has 0 amide bonds. The fraction of sp³-hybridized carbons (Fsp3) is 0.300. The smallest absolute Gasteiger partial charge is 0.237 e. The van der Waals surface area contributed by atoms with Crippen LogP contribution in [0.1, 0.15) is 18.1 Å². The minimum absolute atomic E-state index is 0.492. The average Bonchev–Trinajstić information content (AvgIpc) is 2.14. The van der Waals surface area contributed by atoms with Crippen molar-refractivity contribution in [2.75, 3.05) is 6.61 Å². The molecule has 1 aromatic carbocycles. The molecular formula is C10H14N2O. The highest BCUT2D eigenvalue weighted by atomic mass is 16.5. The number of hydrogen-bond donors (Lipinski definition) is 1. The normalized spacial score (nSPS) is 11.4. The fourth-order valence-corrected chi connectivity index (χ4v) is 1.11. The van der Waals surface area contributed by atoms with Crippen LogP contribution in [0.25, 0.3) is 0 Å². The molecule has 0 saturated carbocycles. The van der Waals surface area contributed by atoms with Gasteiger partial charge in [-0.3, -0.25) is 0 Å². The van der Waals surface area contributed by atoms with Crippen LogP contribution in [-0.4, -0.2) is 12.5 Å². The Hall–Kier alpha value is -1.51. The van der Waals surface area contributed by atoms with Crippen LogP contribution in [0.5, 0.6) is 0 Å². The Morgan fingerprint density at radius 2 is 2.31 bits per heavy atom. The van der Waals surface area contributed by atoms with Crippen LogP contribution >= 0.6 is 0 Å². The first kappa shape index (κ1) is 9.58. The van der Waals surface area contributed by atoms with Crippen molar-refractivity contribution in [2.45, 2.75) is 13.8 Å². The van der Waals surface area contributed by atoms with Crippen LogP contribution in [-0.2, 0) is 4.74 Å². The maximum absolute atomic E-state index is 5.26. The Balaban J connectivity index is 2.92. The largest absolute Gasteiger partial charge is 0.477 e. The lowest BCUT2D eigenvalue weighted by atomic mass is 10.1. The molecule has 2 N–H and O–H groups in total. The number of benzene rings is 1. The van der Waals surface area contributed by atoms with Gasteiger partial charge in [-0.1, -0.05) is 17.7 Å². The van der Waals surface area contributed by atoms with E-state index in [1.807, 2.05) is 38.1 Å². The van der Waals surface area contributed by atoms with Crippen molar-refractivity contribution in [3.8, 4) is 0 Å². The maximum atomic E-state index is 5.26. The summed E-state index contributed by atoms with van der Waals surface area (Å²) in [7, 11) is 0. The van der Waals surface area contributed by atoms with Crippen LogP contribution in [0.2, 0.25) is 0 Å². The van der Waals surface area contributed by atoms with Gasteiger partial charge in [-0.15, -0.1) is 5.10 Å². The van der Waals surface area contributed by atoms with Crippen molar-refractivity contribution in [3.63, 3.8) is 0 Å². The first-order valence-corrected chi connectivity index (χ1v) is 4.25. The second kappa shape index (κ2) is 4.50. The van der Waals surface area contributed by atoms with Crippen molar-refractivity contribution >= 4 is 5.90 Å². The van der Waals surface area contributed by atoms with Gasteiger partial charge < -0.3 is 10.6 Å². The molecule has 70 valence electrons. The quantitative estimate of drug-likeness (QED) is 0.324. The van der Waals surface area contributed by atoms with Crippen LogP contribution < -0.4 is 5.84 Å². The van der Waals surface area contributed by atoms with E-state index >= 15 is 0 Å². The van der Waals surface area contributed by atoms with Crippen molar-refractivity contribution < 1.29 is 4.74 Å². The van der Waals surface area contributed by atoms with E-state index < -0.39 is 0 Å². The van der Waals surface area contributed by atoms with Gasteiger partial charge >= 0.3 is 0 Å². The predicted octanol–water partition coefficient (Wildman–Crippen LogP) is 1.65. The van der Waals surface area contributed by atoms with Crippen molar-refractivity contribution in [2.24, 2.45) is 10.9 Å². The summed E-state index contributed by atoms with van der Waals surface area (Å²) in [6.07, 6.45) is 0. The lowest BCUT2D eigenvalue weighted by Crippen LogP contribution is -2.09. The molecule has 0 atom stereocenters. The monoisotopic (exact) mass is 178 g/mol. The Morgan fingerprint density at radius 3 is 2.85 bits per heavy atom. The summed E-state index contributed by atoms with van der Waals surface area (Å²) in [4.78, 5) is 0. The summed E-state index contributed by atoms with van der Waals surface area (Å²) in [6, 6.07) is 7.88. The first-order chi connectivity index (χ1) is 6.27. The molecule has 0 aliphatic carbocycles. The first-order valence-electron chi connectivity index (χ1n) is 4.25. The van der Waals surface area contributed by atoms with Gasteiger partial charge in [0.2, 0.25) is 5.90 Å². The highest BCUT2D eigenvalue weighted by molar-refractivity contribution is 5.94. The third kappa shape index (κ3) is 2.47. The molecule has 0 aliphatic rings. The van der Waals surface area contributed by atoms with Gasteiger partial charge in [0.15, 0.2) is 0 Å². The number of rotatable bonds is 2. The second-order valence-corrected chi connectivity index (χ2v) is 2.74. The molecule has 0 spiro atoms. The van der Waals surface area contributed by atoms with E-state index in [2.05, 4.69) is 5.10 Å². The van der Waals surface area contributed by atoms with Crippen molar-refractivity contribution in [1.29, 1.82) is 0 Å². The van der Waals surface area contributed by atoms with Crippen molar-refractivity contribution in [3.05, 3.63) is 35.4 Å². The van der Waals surface area contributed by atoms with Gasteiger partial charge in [0, 0.05) is 5.56 Å². The molecular weight excluding hydrogens is 164 g/mol. The third-order valence-electron chi connectivity index (χ3n) is 1.66. The molecule has 1 aromatic rings. The van der Waals surface area contributed by atoms with Gasteiger partial charge in [-0.2, -0.15) is 0 Å². The van der Waals surface area contributed by atoms with E-state index in [1.165, 1.54) is 5.56 Å². The molecule has 0 bridgehead atoms. The minimum Gasteiger partial charge on any atom is -0.477 e. The molecule has 3 heteroatoms. The summed E-state index contributed by atoms with van der Waals surface area (Å²) in [5, 5.41) is 3.58. The van der Waals surface area contributed by atoms with Crippen LogP contribution in [0.3, 0.4) is 0 Å². The molecule has 13 heavy (non-hydrogen) atoms. The Morgan fingerprint density at radius 1 is 1.54 bits per heavy atom. The summed E-state index contributed by atoms with van der Waals surface area (Å²) < 4.78 is 5.26. The zero-order valence-electron chi connectivity index (χ0n) is 7.95. The topological polar surface area (TPSA) is 47.6 Å². The number of nitrogens with two attached hydrogens (primary N) is 1. The van der Waals surface area contributed by atoms with Gasteiger partial charge in [-0.25, -0.2) is 0 Å². The summed E-state index contributed by atoms with van der Waals surface area (Å²) in [6.45, 7) is 4.49. The Bertz CT molecular complexity index is 308. The highest BCUT2D eigenvalue weighted by Crippen LogP contribution is 2.05. The van der Waals surface area contributed by atoms with Crippen molar-refractivity contribution in [1.82, 2.24) is 0 Å². The van der Waals surface area contributed by atoms with Crippen LogP contribution in [0.15, 0.2) is 29.4 Å². The zero-order valence-corrected chi connectivity index (χ0v) is 7.95. The molecule has 0 unspecified atom stereocenters. The number of hydrazone groups is 1.